The molecule has 0 unspecified atom stereocenters. The fourth-order valence-corrected chi connectivity index (χ4v) is 1.87. The number of nitrogens with one attached hydrogen (secondary N) is 1. The zero-order valence-corrected chi connectivity index (χ0v) is 11.4. The Bertz CT molecular complexity index is 609. The van der Waals surface area contributed by atoms with Crippen molar-refractivity contribution in [2.75, 3.05) is 12.4 Å². The van der Waals surface area contributed by atoms with Crippen LogP contribution in [0.5, 0.6) is 5.75 Å². The number of nitro groups is 1. The van der Waals surface area contributed by atoms with Crippen molar-refractivity contribution in [1.82, 2.24) is 0 Å². The molecule has 2 rings (SSSR count). The Morgan fingerprint density at radius 1 is 1.20 bits per heavy atom. The standard InChI is InChI=1S/C15H16N2O3/c1-11-3-4-12(9-15(11)17(18)19)10-16-13-5-7-14(20-2)8-6-13/h3-9,16H,10H2,1-2H3. The van der Waals surface area contributed by atoms with Gasteiger partial charge in [0.25, 0.3) is 5.69 Å². The van der Waals surface area contributed by atoms with Crippen molar-refractivity contribution in [3.63, 3.8) is 0 Å². The molecule has 0 aliphatic heterocycles. The van der Waals surface area contributed by atoms with E-state index in [1.165, 1.54) is 0 Å². The van der Waals surface area contributed by atoms with Gasteiger partial charge >= 0.3 is 0 Å². The molecule has 2 aromatic rings. The summed E-state index contributed by atoms with van der Waals surface area (Å²) in [5.74, 6) is 0.793. The Morgan fingerprint density at radius 3 is 2.50 bits per heavy atom. The highest BCUT2D eigenvalue weighted by molar-refractivity contribution is 5.48. The lowest BCUT2D eigenvalue weighted by Crippen LogP contribution is -2.01. The van der Waals surface area contributed by atoms with E-state index in [1.807, 2.05) is 30.3 Å². The summed E-state index contributed by atoms with van der Waals surface area (Å²) in [6, 6.07) is 12.8. The van der Waals surface area contributed by atoms with Gasteiger partial charge in [-0.3, -0.25) is 10.1 Å². The topological polar surface area (TPSA) is 64.4 Å². The Morgan fingerprint density at radius 2 is 1.90 bits per heavy atom. The van der Waals surface area contributed by atoms with E-state index in [4.69, 9.17) is 4.74 Å². The molecule has 0 saturated carbocycles. The van der Waals surface area contributed by atoms with Crippen LogP contribution in [-0.4, -0.2) is 12.0 Å². The zero-order chi connectivity index (χ0) is 14.5. The molecule has 0 aromatic heterocycles. The lowest BCUT2D eigenvalue weighted by Gasteiger charge is -2.08. The van der Waals surface area contributed by atoms with Crippen molar-refractivity contribution in [3.8, 4) is 5.75 Å². The van der Waals surface area contributed by atoms with Gasteiger partial charge in [0.1, 0.15) is 5.75 Å². The van der Waals surface area contributed by atoms with E-state index in [2.05, 4.69) is 5.32 Å². The second kappa shape index (κ2) is 6.06. The van der Waals surface area contributed by atoms with Crippen LogP contribution in [0, 0.1) is 17.0 Å². The maximum absolute atomic E-state index is 10.9. The van der Waals surface area contributed by atoms with Crippen molar-refractivity contribution >= 4 is 11.4 Å². The number of nitrogens with zero attached hydrogens (tertiary/aromatic N) is 1. The Balaban J connectivity index is 2.06. The lowest BCUT2D eigenvalue weighted by atomic mass is 10.1. The van der Waals surface area contributed by atoms with E-state index in [0.29, 0.717) is 12.1 Å². The fraction of sp³-hybridized carbons (Fsp3) is 0.200. The molecule has 2 aromatic carbocycles. The fourth-order valence-electron chi connectivity index (χ4n) is 1.87. The number of aryl methyl sites for hydroxylation is 1. The van der Waals surface area contributed by atoms with Gasteiger partial charge in [-0.25, -0.2) is 0 Å². The molecular weight excluding hydrogens is 256 g/mol. The van der Waals surface area contributed by atoms with Crippen LogP contribution in [0.25, 0.3) is 0 Å². The number of nitro benzene ring substituents is 1. The van der Waals surface area contributed by atoms with E-state index >= 15 is 0 Å². The number of methoxy groups -OCH3 is 1. The summed E-state index contributed by atoms with van der Waals surface area (Å²) in [6.45, 7) is 2.27. The Kier molecular flexibility index (Phi) is 4.20. The number of rotatable bonds is 5. The minimum absolute atomic E-state index is 0.152. The average Bonchev–Trinajstić information content (AvgIpc) is 2.46. The van der Waals surface area contributed by atoms with Crippen LogP contribution < -0.4 is 10.1 Å². The largest absolute Gasteiger partial charge is 0.497 e. The van der Waals surface area contributed by atoms with Gasteiger partial charge in [-0.05, 0) is 36.8 Å². The van der Waals surface area contributed by atoms with Gasteiger partial charge in [-0.2, -0.15) is 0 Å². The lowest BCUT2D eigenvalue weighted by molar-refractivity contribution is -0.385. The molecule has 0 heterocycles. The number of ether oxygens (including phenoxy) is 1. The van der Waals surface area contributed by atoms with Crippen molar-refractivity contribution in [2.24, 2.45) is 0 Å². The summed E-state index contributed by atoms with van der Waals surface area (Å²) in [6.07, 6.45) is 0. The molecule has 0 radical (unpaired) electrons. The number of benzene rings is 2. The van der Waals surface area contributed by atoms with E-state index in [9.17, 15) is 10.1 Å². The first-order chi connectivity index (χ1) is 9.60. The molecule has 5 heteroatoms. The molecule has 0 saturated heterocycles. The summed E-state index contributed by atoms with van der Waals surface area (Å²) in [5, 5.41) is 14.1. The summed E-state index contributed by atoms with van der Waals surface area (Å²) < 4.78 is 5.08. The molecule has 0 aliphatic carbocycles. The Labute approximate surface area is 117 Å². The first-order valence-corrected chi connectivity index (χ1v) is 6.22. The molecule has 0 bridgehead atoms. The van der Waals surface area contributed by atoms with Crippen LogP contribution in [0.3, 0.4) is 0 Å². The third kappa shape index (κ3) is 3.26. The predicted molar refractivity (Wildman–Crippen MR) is 78.2 cm³/mol. The van der Waals surface area contributed by atoms with Gasteiger partial charge in [0.2, 0.25) is 0 Å². The highest BCUT2D eigenvalue weighted by Gasteiger charge is 2.10. The quantitative estimate of drug-likeness (QED) is 0.668. The molecule has 0 aliphatic rings. The zero-order valence-electron chi connectivity index (χ0n) is 11.4. The maximum Gasteiger partial charge on any atom is 0.272 e. The maximum atomic E-state index is 10.9. The number of hydrogen-bond donors (Lipinski definition) is 1. The monoisotopic (exact) mass is 272 g/mol. The second-order valence-electron chi connectivity index (χ2n) is 4.46. The third-order valence-corrected chi connectivity index (χ3v) is 3.06. The summed E-state index contributed by atoms with van der Waals surface area (Å²) in [7, 11) is 1.62. The van der Waals surface area contributed by atoms with Crippen LogP contribution in [0.15, 0.2) is 42.5 Å². The smallest absolute Gasteiger partial charge is 0.272 e. The predicted octanol–water partition coefficient (Wildman–Crippen LogP) is 3.52. The molecule has 5 nitrogen and oxygen atoms in total. The molecule has 20 heavy (non-hydrogen) atoms. The van der Waals surface area contributed by atoms with Gasteiger partial charge in [0, 0.05) is 23.9 Å². The van der Waals surface area contributed by atoms with E-state index in [1.54, 1.807) is 26.2 Å². The summed E-state index contributed by atoms with van der Waals surface area (Å²) in [4.78, 5) is 10.5. The van der Waals surface area contributed by atoms with Crippen molar-refractivity contribution < 1.29 is 9.66 Å². The summed E-state index contributed by atoms with van der Waals surface area (Å²) >= 11 is 0. The van der Waals surface area contributed by atoms with Crippen LogP contribution in [0.2, 0.25) is 0 Å². The SMILES string of the molecule is COc1ccc(NCc2ccc(C)c([N+](=O)[O-])c2)cc1. The van der Waals surface area contributed by atoms with Gasteiger partial charge in [-0.1, -0.05) is 12.1 Å². The first kappa shape index (κ1) is 13.9. The van der Waals surface area contributed by atoms with Gasteiger partial charge in [0.05, 0.1) is 12.0 Å². The van der Waals surface area contributed by atoms with E-state index < -0.39 is 0 Å². The van der Waals surface area contributed by atoms with E-state index in [0.717, 1.165) is 17.0 Å². The molecule has 0 atom stereocenters. The normalized spacial score (nSPS) is 10.1. The number of anilines is 1. The van der Waals surface area contributed by atoms with Crippen LogP contribution in [-0.2, 0) is 6.54 Å². The minimum Gasteiger partial charge on any atom is -0.497 e. The Hall–Kier alpha value is -2.56. The molecule has 0 fully saturated rings. The highest BCUT2D eigenvalue weighted by Crippen LogP contribution is 2.20. The average molecular weight is 272 g/mol. The van der Waals surface area contributed by atoms with Gasteiger partial charge < -0.3 is 10.1 Å². The molecular formula is C15H16N2O3. The van der Waals surface area contributed by atoms with Crippen LogP contribution in [0.4, 0.5) is 11.4 Å². The first-order valence-electron chi connectivity index (χ1n) is 6.22. The van der Waals surface area contributed by atoms with Crippen molar-refractivity contribution in [3.05, 3.63) is 63.7 Å². The highest BCUT2D eigenvalue weighted by atomic mass is 16.6. The second-order valence-corrected chi connectivity index (χ2v) is 4.46. The summed E-state index contributed by atoms with van der Waals surface area (Å²) in [5.41, 5.74) is 2.63. The molecule has 0 amide bonds. The molecule has 104 valence electrons. The van der Waals surface area contributed by atoms with Crippen LogP contribution >= 0.6 is 0 Å². The molecule has 1 N–H and O–H groups in total. The van der Waals surface area contributed by atoms with Gasteiger partial charge in [-0.15, -0.1) is 0 Å². The van der Waals surface area contributed by atoms with Crippen molar-refractivity contribution in [1.29, 1.82) is 0 Å². The van der Waals surface area contributed by atoms with Gasteiger partial charge in [0.15, 0.2) is 0 Å². The van der Waals surface area contributed by atoms with Crippen molar-refractivity contribution in [2.45, 2.75) is 13.5 Å². The van der Waals surface area contributed by atoms with Crippen LogP contribution in [0.1, 0.15) is 11.1 Å². The third-order valence-electron chi connectivity index (χ3n) is 3.06. The molecule has 0 spiro atoms. The number of hydrogen-bond acceptors (Lipinski definition) is 4. The minimum atomic E-state index is -0.355. The van der Waals surface area contributed by atoms with E-state index in [-0.39, 0.29) is 10.6 Å².